The van der Waals surface area contributed by atoms with Gasteiger partial charge in [0.2, 0.25) is 0 Å². The maximum atomic E-state index is 12.2. The zero-order chi connectivity index (χ0) is 15.8. The van der Waals surface area contributed by atoms with E-state index in [1.807, 2.05) is 19.1 Å². The Kier molecular flexibility index (Phi) is 3.15. The van der Waals surface area contributed by atoms with Crippen molar-refractivity contribution in [3.8, 4) is 11.1 Å². The average Bonchev–Trinajstić information content (AvgIpc) is 2.93. The number of fused-ring (bicyclic) bond motifs is 3. The summed E-state index contributed by atoms with van der Waals surface area (Å²) in [6.45, 7) is 1.84. The van der Waals surface area contributed by atoms with Crippen LogP contribution >= 0.6 is 0 Å². The van der Waals surface area contributed by atoms with Crippen molar-refractivity contribution in [1.82, 2.24) is 9.97 Å². The van der Waals surface area contributed by atoms with E-state index in [0.717, 1.165) is 17.8 Å². The number of anilines is 1. The van der Waals surface area contributed by atoms with Crippen molar-refractivity contribution in [2.75, 3.05) is 5.32 Å². The second-order valence-electron chi connectivity index (χ2n) is 5.70. The van der Waals surface area contributed by atoms with Crippen molar-refractivity contribution >= 4 is 11.6 Å². The third kappa shape index (κ3) is 2.48. The van der Waals surface area contributed by atoms with Gasteiger partial charge >= 0.3 is 0 Å². The molecule has 0 bridgehead atoms. The number of hydrogen-bond donors (Lipinski definition) is 1. The highest BCUT2D eigenvalue weighted by atomic mass is 16.1. The molecule has 1 aliphatic carbocycles. The number of carbonyl (C=O) groups excluding carboxylic acids is 1. The summed E-state index contributed by atoms with van der Waals surface area (Å²) in [7, 11) is 0. The Labute approximate surface area is 134 Å². The van der Waals surface area contributed by atoms with Crippen LogP contribution < -0.4 is 5.32 Å². The van der Waals surface area contributed by atoms with Crippen molar-refractivity contribution in [1.29, 1.82) is 0 Å². The highest BCUT2D eigenvalue weighted by Crippen LogP contribution is 2.37. The Morgan fingerprint density at radius 1 is 1.00 bits per heavy atom. The fraction of sp³-hybridized carbons (Fsp3) is 0.105. The summed E-state index contributed by atoms with van der Waals surface area (Å²) in [6.07, 6.45) is 3.99. The second-order valence-corrected chi connectivity index (χ2v) is 5.70. The van der Waals surface area contributed by atoms with Gasteiger partial charge in [-0.25, -0.2) is 4.98 Å². The molecule has 0 saturated heterocycles. The molecule has 1 aliphatic rings. The molecule has 0 radical (unpaired) electrons. The Balaban J connectivity index is 1.59. The molecule has 0 atom stereocenters. The maximum Gasteiger partial charge on any atom is 0.275 e. The van der Waals surface area contributed by atoms with E-state index in [-0.39, 0.29) is 5.91 Å². The molecule has 4 rings (SSSR count). The Bertz CT molecular complexity index is 901. The van der Waals surface area contributed by atoms with Gasteiger partial charge in [0.05, 0.1) is 11.9 Å². The monoisotopic (exact) mass is 301 g/mol. The van der Waals surface area contributed by atoms with Crippen LogP contribution in [0.4, 0.5) is 5.69 Å². The van der Waals surface area contributed by atoms with Crippen LogP contribution in [-0.4, -0.2) is 15.9 Å². The van der Waals surface area contributed by atoms with Gasteiger partial charge in [-0.05, 0) is 47.7 Å². The lowest BCUT2D eigenvalue weighted by atomic mass is 10.1. The zero-order valence-electron chi connectivity index (χ0n) is 12.7. The summed E-state index contributed by atoms with van der Waals surface area (Å²) in [6, 6.07) is 14.4. The number of benzene rings is 2. The first kappa shape index (κ1) is 13.6. The maximum absolute atomic E-state index is 12.2. The number of carbonyl (C=O) groups is 1. The lowest BCUT2D eigenvalue weighted by molar-refractivity contribution is 0.102. The van der Waals surface area contributed by atoms with E-state index in [4.69, 9.17) is 0 Å². The van der Waals surface area contributed by atoms with Crippen LogP contribution in [-0.2, 0) is 6.42 Å². The number of hydrogen-bond acceptors (Lipinski definition) is 3. The van der Waals surface area contributed by atoms with Gasteiger partial charge in [-0.1, -0.05) is 30.3 Å². The zero-order valence-corrected chi connectivity index (χ0v) is 12.7. The minimum atomic E-state index is -0.243. The number of aryl methyl sites for hydroxylation is 1. The first-order chi connectivity index (χ1) is 11.2. The lowest BCUT2D eigenvalue weighted by Gasteiger charge is -2.07. The van der Waals surface area contributed by atoms with Crippen LogP contribution in [0.5, 0.6) is 0 Å². The van der Waals surface area contributed by atoms with Gasteiger partial charge in [-0.3, -0.25) is 9.78 Å². The van der Waals surface area contributed by atoms with E-state index >= 15 is 0 Å². The molecule has 1 amide bonds. The fourth-order valence-electron chi connectivity index (χ4n) is 2.93. The molecular weight excluding hydrogens is 286 g/mol. The molecule has 0 unspecified atom stereocenters. The minimum absolute atomic E-state index is 0.243. The number of nitrogens with one attached hydrogen (secondary N) is 1. The van der Waals surface area contributed by atoms with Crippen LogP contribution in [0.1, 0.15) is 27.3 Å². The predicted molar refractivity (Wildman–Crippen MR) is 89.4 cm³/mol. The highest BCUT2D eigenvalue weighted by molar-refractivity contribution is 6.03. The quantitative estimate of drug-likeness (QED) is 0.615. The molecule has 1 heterocycles. The molecule has 1 N–H and O–H groups in total. The summed E-state index contributed by atoms with van der Waals surface area (Å²) in [5.41, 5.74) is 6.98. The number of amides is 1. The minimum Gasteiger partial charge on any atom is -0.321 e. The topological polar surface area (TPSA) is 54.9 Å². The van der Waals surface area contributed by atoms with Crippen molar-refractivity contribution in [3.63, 3.8) is 0 Å². The SMILES string of the molecule is Cc1cnc(C(=O)Nc2ccc3c(c2)Cc2ccccc2-3)cn1. The van der Waals surface area contributed by atoms with E-state index in [2.05, 4.69) is 45.6 Å². The van der Waals surface area contributed by atoms with Crippen LogP contribution in [0.15, 0.2) is 54.9 Å². The smallest absolute Gasteiger partial charge is 0.275 e. The van der Waals surface area contributed by atoms with Crippen molar-refractivity contribution in [3.05, 3.63) is 77.4 Å². The molecule has 0 spiro atoms. The van der Waals surface area contributed by atoms with Crippen molar-refractivity contribution in [2.45, 2.75) is 13.3 Å². The first-order valence-corrected chi connectivity index (χ1v) is 7.52. The summed E-state index contributed by atoms with van der Waals surface area (Å²) in [5.74, 6) is -0.243. The van der Waals surface area contributed by atoms with E-state index < -0.39 is 0 Å². The second kappa shape index (κ2) is 5.32. The van der Waals surface area contributed by atoms with E-state index in [0.29, 0.717) is 5.69 Å². The summed E-state index contributed by atoms with van der Waals surface area (Å²) < 4.78 is 0. The van der Waals surface area contributed by atoms with Gasteiger partial charge in [0.1, 0.15) is 5.69 Å². The lowest BCUT2D eigenvalue weighted by Crippen LogP contribution is -2.14. The Morgan fingerprint density at radius 2 is 1.83 bits per heavy atom. The molecule has 112 valence electrons. The van der Waals surface area contributed by atoms with Gasteiger partial charge in [-0.15, -0.1) is 0 Å². The molecule has 4 heteroatoms. The molecule has 1 aromatic heterocycles. The summed E-state index contributed by atoms with van der Waals surface area (Å²) >= 11 is 0. The summed E-state index contributed by atoms with van der Waals surface area (Å²) in [4.78, 5) is 20.4. The van der Waals surface area contributed by atoms with Gasteiger partial charge in [0.25, 0.3) is 5.91 Å². The summed E-state index contributed by atoms with van der Waals surface area (Å²) in [5, 5.41) is 2.89. The molecule has 2 aromatic carbocycles. The highest BCUT2D eigenvalue weighted by Gasteiger charge is 2.18. The number of aromatic nitrogens is 2. The van der Waals surface area contributed by atoms with Crippen LogP contribution in [0.25, 0.3) is 11.1 Å². The van der Waals surface area contributed by atoms with Crippen molar-refractivity contribution < 1.29 is 4.79 Å². The Hall–Kier alpha value is -3.01. The molecule has 23 heavy (non-hydrogen) atoms. The fourth-order valence-corrected chi connectivity index (χ4v) is 2.93. The molecule has 0 saturated carbocycles. The molecule has 4 nitrogen and oxygen atoms in total. The van der Waals surface area contributed by atoms with Crippen LogP contribution in [0.2, 0.25) is 0 Å². The van der Waals surface area contributed by atoms with E-state index in [9.17, 15) is 4.79 Å². The van der Waals surface area contributed by atoms with Crippen LogP contribution in [0.3, 0.4) is 0 Å². The van der Waals surface area contributed by atoms with Gasteiger partial charge < -0.3 is 5.32 Å². The standard InChI is InChI=1S/C19H15N3O/c1-12-10-21-18(11-20-12)19(23)22-15-6-7-17-14(9-15)8-13-4-2-3-5-16(13)17/h2-7,9-11H,8H2,1H3,(H,22,23). The van der Waals surface area contributed by atoms with E-state index in [1.54, 1.807) is 6.20 Å². The van der Waals surface area contributed by atoms with Gasteiger partial charge in [0.15, 0.2) is 0 Å². The van der Waals surface area contributed by atoms with Crippen LogP contribution in [0, 0.1) is 6.92 Å². The normalized spacial score (nSPS) is 11.7. The number of nitrogens with zero attached hydrogens (tertiary/aromatic N) is 2. The first-order valence-electron chi connectivity index (χ1n) is 7.52. The molecule has 3 aromatic rings. The van der Waals surface area contributed by atoms with Gasteiger partial charge in [0, 0.05) is 11.9 Å². The molecular formula is C19H15N3O. The largest absolute Gasteiger partial charge is 0.321 e. The number of rotatable bonds is 2. The van der Waals surface area contributed by atoms with Crippen molar-refractivity contribution in [2.24, 2.45) is 0 Å². The van der Waals surface area contributed by atoms with Gasteiger partial charge in [-0.2, -0.15) is 0 Å². The third-order valence-electron chi connectivity index (χ3n) is 4.07. The average molecular weight is 301 g/mol. The third-order valence-corrected chi connectivity index (χ3v) is 4.07. The molecule has 0 aliphatic heterocycles. The Morgan fingerprint density at radius 3 is 2.65 bits per heavy atom. The predicted octanol–water partition coefficient (Wildman–Crippen LogP) is 3.61. The molecule has 0 fully saturated rings. The van der Waals surface area contributed by atoms with E-state index in [1.165, 1.54) is 28.5 Å².